The van der Waals surface area contributed by atoms with Crippen LogP contribution in [-0.4, -0.2) is 18.0 Å². The molecule has 1 amide bonds. The highest BCUT2D eigenvalue weighted by Crippen LogP contribution is 2.14. The van der Waals surface area contributed by atoms with Crippen molar-refractivity contribution in [1.82, 2.24) is 10.6 Å². The van der Waals surface area contributed by atoms with Crippen LogP contribution in [0.1, 0.15) is 52.1 Å². The number of benzene rings is 1. The summed E-state index contributed by atoms with van der Waals surface area (Å²) in [4.78, 5) is 12.1. The van der Waals surface area contributed by atoms with Gasteiger partial charge in [0.15, 0.2) is 0 Å². The van der Waals surface area contributed by atoms with Crippen molar-refractivity contribution in [3.8, 4) is 0 Å². The molecule has 1 rings (SSSR count). The highest BCUT2D eigenvalue weighted by atomic mass is 19.1. The smallest absolute Gasteiger partial charge is 0.237 e. The highest BCUT2D eigenvalue weighted by molar-refractivity contribution is 5.81. The van der Waals surface area contributed by atoms with Gasteiger partial charge in [-0.05, 0) is 44.4 Å². The van der Waals surface area contributed by atoms with Crippen molar-refractivity contribution >= 4 is 5.91 Å². The SMILES string of the molecule is CCC(CC)NC(=O)C(C)N[C@H](C)c1cccc(F)c1. The van der Waals surface area contributed by atoms with Crippen molar-refractivity contribution in [3.63, 3.8) is 0 Å². The zero-order valence-electron chi connectivity index (χ0n) is 12.7. The molecule has 1 unspecified atom stereocenters. The highest BCUT2D eigenvalue weighted by Gasteiger charge is 2.18. The quantitative estimate of drug-likeness (QED) is 0.805. The third kappa shape index (κ3) is 4.93. The van der Waals surface area contributed by atoms with Crippen molar-refractivity contribution in [2.75, 3.05) is 0 Å². The number of carbonyl (C=O) groups is 1. The Morgan fingerprint density at radius 1 is 1.25 bits per heavy atom. The summed E-state index contributed by atoms with van der Waals surface area (Å²) in [6.07, 6.45) is 1.85. The van der Waals surface area contributed by atoms with Crippen LogP contribution < -0.4 is 10.6 Å². The molecule has 0 aliphatic rings. The average molecular weight is 280 g/mol. The lowest BCUT2D eigenvalue weighted by Gasteiger charge is -2.22. The molecule has 20 heavy (non-hydrogen) atoms. The van der Waals surface area contributed by atoms with Crippen LogP contribution in [0.5, 0.6) is 0 Å². The summed E-state index contributed by atoms with van der Waals surface area (Å²) in [5.74, 6) is -0.271. The van der Waals surface area contributed by atoms with E-state index in [9.17, 15) is 9.18 Å². The Morgan fingerprint density at radius 2 is 1.90 bits per heavy atom. The minimum Gasteiger partial charge on any atom is -0.352 e. The molecule has 0 saturated carbocycles. The van der Waals surface area contributed by atoms with Gasteiger partial charge in [-0.2, -0.15) is 0 Å². The largest absolute Gasteiger partial charge is 0.352 e. The summed E-state index contributed by atoms with van der Waals surface area (Å²) in [6, 6.07) is 6.27. The van der Waals surface area contributed by atoms with Gasteiger partial charge in [-0.25, -0.2) is 4.39 Å². The Labute approximate surface area is 121 Å². The zero-order valence-corrected chi connectivity index (χ0v) is 12.7. The molecule has 0 aliphatic carbocycles. The maximum atomic E-state index is 13.2. The molecule has 0 aromatic heterocycles. The first-order valence-corrected chi connectivity index (χ1v) is 7.29. The molecule has 1 aromatic carbocycles. The van der Waals surface area contributed by atoms with E-state index in [0.717, 1.165) is 18.4 Å². The second-order valence-electron chi connectivity index (χ2n) is 5.19. The van der Waals surface area contributed by atoms with E-state index in [0.29, 0.717) is 0 Å². The fourth-order valence-corrected chi connectivity index (χ4v) is 2.14. The number of amides is 1. The maximum absolute atomic E-state index is 13.2. The summed E-state index contributed by atoms with van der Waals surface area (Å²) in [7, 11) is 0. The van der Waals surface area contributed by atoms with E-state index in [1.807, 2.05) is 19.9 Å². The Bertz CT molecular complexity index is 432. The molecule has 0 radical (unpaired) electrons. The maximum Gasteiger partial charge on any atom is 0.237 e. The standard InChI is InChI=1S/C16H25FN2O/c1-5-15(6-2)19-16(20)12(4)18-11(3)13-8-7-9-14(17)10-13/h7-12,15,18H,5-6H2,1-4H3,(H,19,20)/t11-,12?/m1/s1. The molecule has 0 aliphatic heterocycles. The molecule has 0 saturated heterocycles. The van der Waals surface area contributed by atoms with Crippen molar-refractivity contribution < 1.29 is 9.18 Å². The van der Waals surface area contributed by atoms with E-state index in [4.69, 9.17) is 0 Å². The van der Waals surface area contributed by atoms with Crippen LogP contribution >= 0.6 is 0 Å². The Balaban J connectivity index is 2.56. The van der Waals surface area contributed by atoms with Crippen LogP contribution in [0.15, 0.2) is 24.3 Å². The second kappa shape index (κ2) is 8.00. The van der Waals surface area contributed by atoms with Gasteiger partial charge in [0.2, 0.25) is 5.91 Å². The van der Waals surface area contributed by atoms with Crippen LogP contribution in [0.25, 0.3) is 0 Å². The van der Waals surface area contributed by atoms with Crippen molar-refractivity contribution in [3.05, 3.63) is 35.6 Å². The lowest BCUT2D eigenvalue weighted by atomic mass is 10.1. The van der Waals surface area contributed by atoms with Crippen molar-refractivity contribution in [1.29, 1.82) is 0 Å². The van der Waals surface area contributed by atoms with Crippen LogP contribution in [0.3, 0.4) is 0 Å². The number of carbonyl (C=O) groups excluding carboxylic acids is 1. The molecule has 4 heteroatoms. The predicted octanol–water partition coefficient (Wildman–Crippen LogP) is 3.17. The average Bonchev–Trinajstić information content (AvgIpc) is 2.44. The number of rotatable bonds is 7. The van der Waals surface area contributed by atoms with Gasteiger partial charge in [0.05, 0.1) is 6.04 Å². The molecule has 1 aromatic rings. The van der Waals surface area contributed by atoms with Gasteiger partial charge < -0.3 is 5.32 Å². The van der Waals surface area contributed by atoms with Gasteiger partial charge in [0.1, 0.15) is 5.82 Å². The van der Waals surface area contributed by atoms with Gasteiger partial charge in [-0.1, -0.05) is 26.0 Å². The van der Waals surface area contributed by atoms with Crippen molar-refractivity contribution in [2.24, 2.45) is 0 Å². The summed E-state index contributed by atoms with van der Waals surface area (Å²) < 4.78 is 13.2. The first-order valence-electron chi connectivity index (χ1n) is 7.29. The second-order valence-corrected chi connectivity index (χ2v) is 5.19. The van der Waals surface area contributed by atoms with E-state index in [2.05, 4.69) is 24.5 Å². The lowest BCUT2D eigenvalue weighted by Crippen LogP contribution is -2.46. The first kappa shape index (κ1) is 16.6. The Hall–Kier alpha value is -1.42. The molecule has 0 heterocycles. The van der Waals surface area contributed by atoms with Gasteiger partial charge in [0.25, 0.3) is 0 Å². The van der Waals surface area contributed by atoms with E-state index in [-0.39, 0.29) is 29.8 Å². The molecule has 112 valence electrons. The Kier molecular flexibility index (Phi) is 6.65. The van der Waals surface area contributed by atoms with Gasteiger partial charge in [-0.3, -0.25) is 10.1 Å². The van der Waals surface area contributed by atoms with E-state index in [1.165, 1.54) is 12.1 Å². The van der Waals surface area contributed by atoms with E-state index in [1.54, 1.807) is 6.07 Å². The van der Waals surface area contributed by atoms with E-state index >= 15 is 0 Å². The fraction of sp³-hybridized carbons (Fsp3) is 0.562. The van der Waals surface area contributed by atoms with Gasteiger partial charge >= 0.3 is 0 Å². The minimum absolute atomic E-state index is 0.0121. The summed E-state index contributed by atoms with van der Waals surface area (Å²) in [5, 5.41) is 6.21. The Morgan fingerprint density at radius 3 is 2.45 bits per heavy atom. The number of halogens is 1. The molecular weight excluding hydrogens is 255 g/mol. The van der Waals surface area contributed by atoms with Crippen molar-refractivity contribution in [2.45, 2.75) is 58.7 Å². The van der Waals surface area contributed by atoms with Crippen LogP contribution in [-0.2, 0) is 4.79 Å². The number of hydrogen-bond donors (Lipinski definition) is 2. The number of hydrogen-bond acceptors (Lipinski definition) is 2. The molecule has 2 atom stereocenters. The van der Waals surface area contributed by atoms with Gasteiger partial charge in [0, 0.05) is 12.1 Å². The number of nitrogens with one attached hydrogen (secondary N) is 2. The third-order valence-corrected chi connectivity index (χ3v) is 3.57. The van der Waals surface area contributed by atoms with Gasteiger partial charge in [-0.15, -0.1) is 0 Å². The minimum atomic E-state index is -0.311. The molecule has 2 N–H and O–H groups in total. The van der Waals surface area contributed by atoms with E-state index < -0.39 is 0 Å². The van der Waals surface area contributed by atoms with Crippen LogP contribution in [0, 0.1) is 5.82 Å². The predicted molar refractivity (Wildman–Crippen MR) is 79.9 cm³/mol. The topological polar surface area (TPSA) is 41.1 Å². The molecule has 0 bridgehead atoms. The lowest BCUT2D eigenvalue weighted by molar-refractivity contribution is -0.123. The third-order valence-electron chi connectivity index (χ3n) is 3.57. The molecule has 0 fully saturated rings. The molecule has 0 spiro atoms. The summed E-state index contributed by atoms with van der Waals surface area (Å²) in [6.45, 7) is 7.87. The molecular formula is C16H25FN2O. The fourth-order valence-electron chi connectivity index (χ4n) is 2.14. The zero-order chi connectivity index (χ0) is 15.1. The first-order chi connectivity index (χ1) is 9.47. The summed E-state index contributed by atoms with van der Waals surface area (Å²) in [5.41, 5.74) is 0.840. The monoisotopic (exact) mass is 280 g/mol. The normalized spacial score (nSPS) is 14.1. The summed E-state index contributed by atoms with van der Waals surface area (Å²) >= 11 is 0. The van der Waals surface area contributed by atoms with Crippen LogP contribution in [0.4, 0.5) is 4.39 Å². The van der Waals surface area contributed by atoms with Crippen LogP contribution in [0.2, 0.25) is 0 Å². The molecule has 3 nitrogen and oxygen atoms in total.